The molecule has 182 valence electrons. The van der Waals surface area contributed by atoms with Crippen LogP contribution in [0, 0.1) is 10.1 Å². The summed E-state index contributed by atoms with van der Waals surface area (Å²) in [5, 5.41) is 12.6. The van der Waals surface area contributed by atoms with Crippen LogP contribution in [0.4, 0.5) is 5.69 Å². The molecule has 1 fully saturated rings. The van der Waals surface area contributed by atoms with E-state index in [-0.39, 0.29) is 18.0 Å². The largest absolute Gasteiger partial charge is 0.456 e. The smallest absolute Gasteiger partial charge is 0.355 e. The number of non-ortho nitro benzene ring substituents is 1. The molecule has 0 N–H and O–H groups in total. The highest BCUT2D eigenvalue weighted by Gasteiger charge is 2.69. The summed E-state index contributed by atoms with van der Waals surface area (Å²) in [7, 11) is 0. The molecular weight excluding hydrogens is 564 g/mol. The number of halogens is 1. The van der Waals surface area contributed by atoms with E-state index in [9.17, 15) is 24.5 Å². The van der Waals surface area contributed by atoms with Crippen LogP contribution >= 0.6 is 39.5 Å². The number of alkyl halides is 1. The first-order valence-electron chi connectivity index (χ1n) is 10.4. The Morgan fingerprint density at radius 3 is 2.77 bits per heavy atom. The van der Waals surface area contributed by atoms with E-state index in [1.54, 1.807) is 18.0 Å². The minimum absolute atomic E-state index is 0.0680. The van der Waals surface area contributed by atoms with Crippen LogP contribution < -0.4 is 0 Å². The molecule has 0 bridgehead atoms. The molecule has 14 heteroatoms. The number of aromatic nitrogens is 2. The van der Waals surface area contributed by atoms with Crippen LogP contribution in [-0.2, 0) is 37.0 Å². The SMILES string of the molecule is CC(=O)OC(c1cn2c(n1)SCC2)C1(Br)C(=O)N2C(C(=O)OCc3ccc([N+](=O)[O-])cc3)=CS[C@@H]21. The summed E-state index contributed by atoms with van der Waals surface area (Å²) < 4.78 is 11.5. The fourth-order valence-corrected chi connectivity index (χ4v) is 7.23. The monoisotopic (exact) mass is 580 g/mol. The molecule has 0 saturated carbocycles. The lowest BCUT2D eigenvalue weighted by atomic mass is 9.89. The lowest BCUT2D eigenvalue weighted by Gasteiger charge is -2.51. The number of hydrogen-bond acceptors (Lipinski definition) is 10. The number of nitrogens with zero attached hydrogens (tertiary/aromatic N) is 4. The molecule has 11 nitrogen and oxygen atoms in total. The van der Waals surface area contributed by atoms with Crippen LogP contribution in [0.3, 0.4) is 0 Å². The zero-order valence-electron chi connectivity index (χ0n) is 18.1. The molecule has 5 rings (SSSR count). The number of esters is 2. The fraction of sp³-hybridized carbons (Fsp3) is 0.333. The molecule has 4 heterocycles. The molecule has 2 unspecified atom stereocenters. The molecule has 3 aliphatic heterocycles. The van der Waals surface area contributed by atoms with E-state index in [0.29, 0.717) is 11.3 Å². The van der Waals surface area contributed by atoms with Gasteiger partial charge in [-0.3, -0.25) is 24.6 Å². The number of β-lactam (4-membered cyclic amide) rings is 1. The van der Waals surface area contributed by atoms with E-state index in [0.717, 1.165) is 17.5 Å². The van der Waals surface area contributed by atoms with Crippen molar-refractivity contribution in [2.24, 2.45) is 0 Å². The molecule has 1 aromatic carbocycles. The first-order valence-corrected chi connectivity index (χ1v) is 13.1. The number of imidazole rings is 1. The molecule has 3 atom stereocenters. The highest BCUT2D eigenvalue weighted by molar-refractivity contribution is 9.10. The topological polar surface area (TPSA) is 134 Å². The molecule has 0 aliphatic carbocycles. The zero-order valence-corrected chi connectivity index (χ0v) is 21.3. The third-order valence-electron chi connectivity index (χ3n) is 5.69. The fourth-order valence-electron chi connectivity index (χ4n) is 4.01. The van der Waals surface area contributed by atoms with Gasteiger partial charge in [0.1, 0.15) is 23.4 Å². The Balaban J connectivity index is 1.30. The number of ether oxygens (including phenoxy) is 2. The van der Waals surface area contributed by atoms with Gasteiger partial charge in [0.25, 0.3) is 11.6 Å². The number of amides is 1. The van der Waals surface area contributed by atoms with Crippen molar-refractivity contribution in [1.82, 2.24) is 14.5 Å². The highest BCUT2D eigenvalue weighted by atomic mass is 79.9. The summed E-state index contributed by atoms with van der Waals surface area (Å²) >= 11 is 6.35. The number of nitro benzene ring substituents is 1. The van der Waals surface area contributed by atoms with Gasteiger partial charge in [-0.15, -0.1) is 11.8 Å². The van der Waals surface area contributed by atoms with E-state index in [1.165, 1.54) is 53.3 Å². The van der Waals surface area contributed by atoms with Gasteiger partial charge < -0.3 is 14.0 Å². The summed E-state index contributed by atoms with van der Waals surface area (Å²) in [5.74, 6) is -0.805. The number of hydrogen-bond donors (Lipinski definition) is 0. The van der Waals surface area contributed by atoms with Gasteiger partial charge in [-0.05, 0) is 17.7 Å². The number of carbonyl (C=O) groups excluding carboxylic acids is 3. The zero-order chi connectivity index (χ0) is 24.9. The van der Waals surface area contributed by atoms with Gasteiger partial charge >= 0.3 is 11.9 Å². The van der Waals surface area contributed by atoms with Crippen molar-refractivity contribution in [1.29, 1.82) is 0 Å². The Kier molecular flexibility index (Phi) is 6.13. The van der Waals surface area contributed by atoms with Gasteiger partial charge in [0.15, 0.2) is 15.6 Å². The van der Waals surface area contributed by atoms with E-state index >= 15 is 0 Å². The first kappa shape index (κ1) is 23.9. The van der Waals surface area contributed by atoms with Gasteiger partial charge in [-0.1, -0.05) is 27.7 Å². The minimum atomic E-state index is -1.31. The third-order valence-corrected chi connectivity index (χ3v) is 9.35. The molecule has 35 heavy (non-hydrogen) atoms. The van der Waals surface area contributed by atoms with Gasteiger partial charge in [-0.2, -0.15) is 0 Å². The number of benzene rings is 1. The highest BCUT2D eigenvalue weighted by Crippen LogP contribution is 2.58. The average molecular weight is 581 g/mol. The predicted molar refractivity (Wildman–Crippen MR) is 128 cm³/mol. The second kappa shape index (κ2) is 8.99. The Morgan fingerprint density at radius 1 is 1.37 bits per heavy atom. The first-order chi connectivity index (χ1) is 16.7. The number of nitro groups is 1. The van der Waals surface area contributed by atoms with Gasteiger partial charge in [-0.25, -0.2) is 9.78 Å². The molecule has 3 aliphatic rings. The van der Waals surface area contributed by atoms with Gasteiger partial charge in [0, 0.05) is 43.0 Å². The molecule has 1 saturated heterocycles. The normalized spacial score (nSPS) is 23.1. The Hall–Kier alpha value is -2.84. The van der Waals surface area contributed by atoms with Crippen LogP contribution in [0.5, 0.6) is 0 Å². The Morgan fingerprint density at radius 2 is 2.11 bits per heavy atom. The lowest BCUT2D eigenvalue weighted by Crippen LogP contribution is -2.70. The summed E-state index contributed by atoms with van der Waals surface area (Å²) in [6, 6.07) is 5.63. The second-order valence-electron chi connectivity index (χ2n) is 7.91. The van der Waals surface area contributed by atoms with Crippen molar-refractivity contribution in [3.8, 4) is 0 Å². The standard InChI is InChI=1S/C21H17BrN4O7S2/c1-11(27)33-16(14-8-24-6-7-34-20(24)23-14)21(22)18(29)25-15(10-35-19(21)25)17(28)32-9-12-2-4-13(5-3-12)26(30)31/h2-5,8,10,16,19H,6-7,9H2,1H3/t16?,19-,21?/m1/s1. The van der Waals surface area contributed by atoms with Crippen LogP contribution in [0.15, 0.2) is 46.7 Å². The molecule has 0 spiro atoms. The van der Waals surface area contributed by atoms with Crippen LogP contribution in [-0.4, -0.2) is 52.7 Å². The van der Waals surface area contributed by atoms with Crippen LogP contribution in [0.2, 0.25) is 0 Å². The van der Waals surface area contributed by atoms with E-state index in [4.69, 9.17) is 9.47 Å². The maximum Gasteiger partial charge on any atom is 0.355 e. The number of thioether (sulfide) groups is 2. The third kappa shape index (κ3) is 4.02. The van der Waals surface area contributed by atoms with Crippen molar-refractivity contribution in [2.45, 2.75) is 41.0 Å². The quantitative estimate of drug-likeness (QED) is 0.158. The maximum absolute atomic E-state index is 13.3. The van der Waals surface area contributed by atoms with E-state index < -0.39 is 38.6 Å². The predicted octanol–water partition coefficient (Wildman–Crippen LogP) is 3.13. The molecule has 0 radical (unpaired) electrons. The molecule has 1 aromatic heterocycles. The average Bonchev–Trinajstić information content (AvgIpc) is 3.54. The maximum atomic E-state index is 13.3. The number of carbonyl (C=O) groups is 3. The Labute approximate surface area is 215 Å². The molecular formula is C21H17BrN4O7S2. The van der Waals surface area contributed by atoms with Gasteiger partial charge in [0.05, 0.1) is 4.92 Å². The molecule has 1 amide bonds. The van der Waals surface area contributed by atoms with Crippen molar-refractivity contribution in [3.63, 3.8) is 0 Å². The number of fused-ring (bicyclic) bond motifs is 2. The minimum Gasteiger partial charge on any atom is -0.456 e. The van der Waals surface area contributed by atoms with Crippen molar-refractivity contribution >= 4 is 63.0 Å². The van der Waals surface area contributed by atoms with E-state index in [2.05, 4.69) is 20.9 Å². The van der Waals surface area contributed by atoms with Crippen molar-refractivity contribution in [2.75, 3.05) is 5.75 Å². The summed E-state index contributed by atoms with van der Waals surface area (Å²) in [4.78, 5) is 54.1. The van der Waals surface area contributed by atoms with E-state index in [1.807, 2.05) is 4.57 Å². The molecule has 2 aromatic rings. The van der Waals surface area contributed by atoms with Crippen LogP contribution in [0.1, 0.15) is 24.3 Å². The number of aryl methyl sites for hydroxylation is 1. The van der Waals surface area contributed by atoms with Crippen LogP contribution in [0.25, 0.3) is 0 Å². The number of rotatable bonds is 7. The lowest BCUT2D eigenvalue weighted by molar-refractivity contribution is -0.384. The summed E-state index contributed by atoms with van der Waals surface area (Å²) in [6.07, 6.45) is 0.803. The Bertz CT molecular complexity index is 1260. The van der Waals surface area contributed by atoms with Crippen molar-refractivity contribution < 1.29 is 28.8 Å². The van der Waals surface area contributed by atoms with Gasteiger partial charge in [0.2, 0.25) is 0 Å². The second-order valence-corrected chi connectivity index (χ2v) is 11.2. The summed E-state index contributed by atoms with van der Waals surface area (Å²) in [6.45, 7) is 1.93. The summed E-state index contributed by atoms with van der Waals surface area (Å²) in [5.41, 5.74) is 1.03. The van der Waals surface area contributed by atoms with Crippen molar-refractivity contribution in [3.05, 3.63) is 62.9 Å².